The molecule has 1 N–H and O–H groups in total. The highest BCUT2D eigenvalue weighted by Crippen LogP contribution is 2.23. The van der Waals surface area contributed by atoms with Gasteiger partial charge < -0.3 is 9.73 Å². The summed E-state index contributed by atoms with van der Waals surface area (Å²) < 4.78 is 5.70. The molecule has 1 fully saturated rings. The van der Waals surface area contributed by atoms with Gasteiger partial charge in [0.2, 0.25) is 11.8 Å². The molecule has 7 heteroatoms. The summed E-state index contributed by atoms with van der Waals surface area (Å²) in [6.07, 6.45) is 3.44. The van der Waals surface area contributed by atoms with Crippen molar-refractivity contribution in [3.63, 3.8) is 0 Å². The van der Waals surface area contributed by atoms with E-state index in [1.165, 1.54) is 30.2 Å². The van der Waals surface area contributed by atoms with Crippen LogP contribution in [0.25, 0.3) is 0 Å². The molecule has 27 heavy (non-hydrogen) atoms. The summed E-state index contributed by atoms with van der Waals surface area (Å²) in [5.74, 6) is 0.943. The third-order valence-electron chi connectivity index (χ3n) is 4.94. The molecule has 2 heterocycles. The second-order valence-corrected chi connectivity index (χ2v) is 8.26. The summed E-state index contributed by atoms with van der Waals surface area (Å²) in [7, 11) is 0. The Labute approximate surface area is 165 Å². The maximum atomic E-state index is 12.5. The first-order chi connectivity index (χ1) is 13.2. The molecule has 1 amide bonds. The number of amides is 1. The fourth-order valence-electron chi connectivity index (χ4n) is 3.28. The van der Waals surface area contributed by atoms with Crippen LogP contribution in [0.5, 0.6) is 0 Å². The van der Waals surface area contributed by atoms with E-state index in [0.717, 1.165) is 19.5 Å². The van der Waals surface area contributed by atoms with Crippen LogP contribution >= 0.6 is 11.8 Å². The predicted octanol–water partition coefficient (Wildman–Crippen LogP) is 3.46. The van der Waals surface area contributed by atoms with Crippen LogP contribution in [0.4, 0.5) is 0 Å². The number of nitrogens with one attached hydrogen (secondary N) is 1. The molecule has 0 radical (unpaired) electrons. The molecule has 1 saturated heterocycles. The number of hydrogen-bond acceptors (Lipinski definition) is 6. The van der Waals surface area contributed by atoms with Crippen LogP contribution < -0.4 is 5.32 Å². The summed E-state index contributed by atoms with van der Waals surface area (Å²) in [4.78, 5) is 14.8. The molecule has 6 nitrogen and oxygen atoms in total. The van der Waals surface area contributed by atoms with E-state index in [2.05, 4.69) is 39.5 Å². The number of carbonyl (C=O) groups is 1. The van der Waals surface area contributed by atoms with E-state index >= 15 is 0 Å². The van der Waals surface area contributed by atoms with Crippen molar-refractivity contribution in [3.8, 4) is 0 Å². The number of thioether (sulfide) groups is 1. The Morgan fingerprint density at radius 1 is 1.26 bits per heavy atom. The zero-order valence-electron chi connectivity index (χ0n) is 16.1. The Morgan fingerprint density at radius 2 is 2.00 bits per heavy atom. The smallest absolute Gasteiger partial charge is 0.277 e. The van der Waals surface area contributed by atoms with Gasteiger partial charge in [0.15, 0.2) is 0 Å². The number of rotatable bonds is 9. The molecule has 2 atom stereocenters. The summed E-state index contributed by atoms with van der Waals surface area (Å²) in [6, 6.07) is 10.3. The van der Waals surface area contributed by atoms with Gasteiger partial charge in [-0.3, -0.25) is 9.69 Å². The fourth-order valence-corrected chi connectivity index (χ4v) is 4.00. The largest absolute Gasteiger partial charge is 0.415 e. The Bertz CT molecular complexity index is 716. The normalized spacial score (nSPS) is 17.0. The second-order valence-electron chi connectivity index (χ2n) is 6.97. The number of nitrogens with zero attached hydrogens (tertiary/aromatic N) is 3. The number of carbonyl (C=O) groups excluding carboxylic acids is 1. The minimum absolute atomic E-state index is 0.00586. The van der Waals surface area contributed by atoms with Crippen LogP contribution in [0, 0.1) is 0 Å². The lowest BCUT2D eigenvalue weighted by Gasteiger charge is -2.17. The Balaban J connectivity index is 1.46. The first-order valence-corrected chi connectivity index (χ1v) is 10.6. The van der Waals surface area contributed by atoms with E-state index < -0.39 is 0 Å². The van der Waals surface area contributed by atoms with E-state index in [9.17, 15) is 4.79 Å². The third-order valence-corrected chi connectivity index (χ3v) is 5.87. The first-order valence-electron chi connectivity index (χ1n) is 9.69. The maximum absolute atomic E-state index is 12.5. The molecule has 0 unspecified atom stereocenters. The van der Waals surface area contributed by atoms with Crippen LogP contribution in [0.2, 0.25) is 0 Å². The van der Waals surface area contributed by atoms with Gasteiger partial charge in [-0.05, 0) is 44.8 Å². The first kappa shape index (κ1) is 19.9. The zero-order valence-corrected chi connectivity index (χ0v) is 16.9. The molecule has 0 saturated carbocycles. The van der Waals surface area contributed by atoms with Gasteiger partial charge in [-0.2, -0.15) is 0 Å². The SMILES string of the molecule is CC[C@H](CNC(=O)[C@@H](C)Sc1nnc(CN2CCCC2)o1)c1ccccc1. The molecular formula is C20H28N4O2S. The highest BCUT2D eigenvalue weighted by atomic mass is 32.2. The van der Waals surface area contributed by atoms with Crippen molar-refractivity contribution in [1.82, 2.24) is 20.4 Å². The molecule has 1 aromatic carbocycles. The number of likely N-dealkylation sites (tertiary alicyclic amines) is 1. The van der Waals surface area contributed by atoms with E-state index in [0.29, 0.717) is 30.1 Å². The molecule has 1 aromatic heterocycles. The van der Waals surface area contributed by atoms with Crippen LogP contribution in [-0.2, 0) is 11.3 Å². The fraction of sp³-hybridized carbons (Fsp3) is 0.550. The van der Waals surface area contributed by atoms with Crippen molar-refractivity contribution in [3.05, 3.63) is 41.8 Å². The molecule has 1 aliphatic rings. The Hall–Kier alpha value is -1.86. The van der Waals surface area contributed by atoms with Gasteiger partial charge in [0.05, 0.1) is 11.8 Å². The van der Waals surface area contributed by atoms with Crippen LogP contribution in [0.15, 0.2) is 40.0 Å². The van der Waals surface area contributed by atoms with Crippen LogP contribution in [-0.4, -0.2) is 45.9 Å². The van der Waals surface area contributed by atoms with Crippen molar-refractivity contribution in [1.29, 1.82) is 0 Å². The van der Waals surface area contributed by atoms with Crippen molar-refractivity contribution >= 4 is 17.7 Å². The number of benzene rings is 1. The minimum Gasteiger partial charge on any atom is -0.415 e. The van der Waals surface area contributed by atoms with Crippen molar-refractivity contribution in [2.24, 2.45) is 0 Å². The number of hydrogen-bond donors (Lipinski definition) is 1. The molecule has 0 spiro atoms. The lowest BCUT2D eigenvalue weighted by molar-refractivity contribution is -0.120. The highest BCUT2D eigenvalue weighted by molar-refractivity contribution is 8.00. The van der Waals surface area contributed by atoms with Crippen LogP contribution in [0.1, 0.15) is 50.5 Å². The molecular weight excluding hydrogens is 360 g/mol. The quantitative estimate of drug-likeness (QED) is 0.664. The maximum Gasteiger partial charge on any atom is 0.277 e. The molecule has 146 valence electrons. The molecule has 1 aliphatic heterocycles. The van der Waals surface area contributed by atoms with E-state index in [1.807, 2.05) is 25.1 Å². The zero-order chi connectivity index (χ0) is 19.1. The van der Waals surface area contributed by atoms with Gasteiger partial charge in [0.25, 0.3) is 5.22 Å². The van der Waals surface area contributed by atoms with E-state index in [1.54, 1.807) is 0 Å². The standard InChI is InChI=1S/C20H28N4O2S/c1-3-16(17-9-5-4-6-10-17)13-21-19(25)15(2)27-20-23-22-18(26-20)14-24-11-7-8-12-24/h4-6,9-10,15-16H,3,7-8,11-14H2,1-2H3,(H,21,25)/t15-,16-/m1/s1. The van der Waals surface area contributed by atoms with Gasteiger partial charge in [-0.25, -0.2) is 0 Å². The molecule has 0 aliphatic carbocycles. The predicted molar refractivity (Wildman–Crippen MR) is 107 cm³/mol. The molecule has 0 bridgehead atoms. The lowest BCUT2D eigenvalue weighted by atomic mass is 9.96. The van der Waals surface area contributed by atoms with Gasteiger partial charge >= 0.3 is 0 Å². The van der Waals surface area contributed by atoms with E-state index in [-0.39, 0.29) is 11.2 Å². The highest BCUT2D eigenvalue weighted by Gasteiger charge is 2.21. The molecule has 2 aromatic rings. The van der Waals surface area contributed by atoms with Crippen molar-refractivity contribution < 1.29 is 9.21 Å². The van der Waals surface area contributed by atoms with Gasteiger partial charge in [-0.1, -0.05) is 49.0 Å². The summed E-state index contributed by atoms with van der Waals surface area (Å²) in [6.45, 7) is 7.52. The Morgan fingerprint density at radius 3 is 2.70 bits per heavy atom. The monoisotopic (exact) mass is 388 g/mol. The Kier molecular flexibility index (Phi) is 7.29. The van der Waals surface area contributed by atoms with Gasteiger partial charge in [0.1, 0.15) is 0 Å². The number of aromatic nitrogens is 2. The second kappa shape index (κ2) is 9.90. The van der Waals surface area contributed by atoms with Gasteiger partial charge in [0, 0.05) is 12.5 Å². The van der Waals surface area contributed by atoms with Crippen LogP contribution in [0.3, 0.4) is 0 Å². The summed E-state index contributed by atoms with van der Waals surface area (Å²) in [5, 5.41) is 11.4. The average molecular weight is 389 g/mol. The van der Waals surface area contributed by atoms with Gasteiger partial charge in [-0.15, -0.1) is 10.2 Å². The molecule has 3 rings (SSSR count). The lowest BCUT2D eigenvalue weighted by Crippen LogP contribution is -2.34. The minimum atomic E-state index is -0.279. The summed E-state index contributed by atoms with van der Waals surface area (Å²) in [5.41, 5.74) is 1.25. The van der Waals surface area contributed by atoms with Crippen molar-refractivity contribution in [2.75, 3.05) is 19.6 Å². The summed E-state index contributed by atoms with van der Waals surface area (Å²) >= 11 is 1.31. The topological polar surface area (TPSA) is 71.3 Å². The average Bonchev–Trinajstić information content (AvgIpc) is 3.35. The third kappa shape index (κ3) is 5.81. The van der Waals surface area contributed by atoms with E-state index in [4.69, 9.17) is 4.42 Å². The van der Waals surface area contributed by atoms with Crippen molar-refractivity contribution in [2.45, 2.75) is 56.0 Å².